The summed E-state index contributed by atoms with van der Waals surface area (Å²) in [6.07, 6.45) is 1.87. The molecule has 0 spiro atoms. The number of imidazole rings is 1. The minimum atomic E-state index is -2.49. The summed E-state index contributed by atoms with van der Waals surface area (Å²) < 4.78 is 28.8. The van der Waals surface area contributed by atoms with E-state index in [9.17, 15) is 5.11 Å². The molecule has 4 nitrogen and oxygen atoms in total. The molecule has 0 aliphatic rings. The maximum atomic E-state index is 12.4. The number of phenols is 1. The zero-order valence-corrected chi connectivity index (χ0v) is 41.6. The number of hydrogen-bond donors (Lipinski definition) is 1. The van der Waals surface area contributed by atoms with Crippen LogP contribution in [0.2, 0.25) is 0 Å². The van der Waals surface area contributed by atoms with Crippen LogP contribution in [0.15, 0.2) is 134 Å². The Balaban J connectivity index is 0.00000666. The number of benzene rings is 6. The van der Waals surface area contributed by atoms with E-state index in [1.54, 1.807) is 6.07 Å². The summed E-state index contributed by atoms with van der Waals surface area (Å²) in [5.41, 5.74) is 13.0. The summed E-state index contributed by atoms with van der Waals surface area (Å²) in [5, 5.41) is 12.4. The Morgan fingerprint density at radius 2 is 1.17 bits per heavy atom. The molecule has 0 unspecified atom stereocenters. The molecule has 0 aliphatic heterocycles. The molecule has 0 amide bonds. The fourth-order valence-electron chi connectivity index (χ4n) is 8.30. The average Bonchev–Trinajstić information content (AvgIpc) is 3.64. The Morgan fingerprint density at radius 3 is 1.84 bits per heavy atom. The van der Waals surface area contributed by atoms with Crippen molar-refractivity contribution in [2.75, 3.05) is 0 Å². The van der Waals surface area contributed by atoms with Gasteiger partial charge in [0.15, 0.2) is 0 Å². The van der Waals surface area contributed by atoms with Crippen LogP contribution in [0, 0.1) is 12.9 Å². The summed E-state index contributed by atoms with van der Waals surface area (Å²) in [5.74, 6) is 0.566. The fraction of sp³-hybridized carbons (Fsp3) is 0.288. The second-order valence-corrected chi connectivity index (χ2v) is 21.2. The Labute approximate surface area is 400 Å². The number of pyridine rings is 1. The first-order chi connectivity index (χ1) is 30.8. The molecular weight excluding hydrogens is 962 g/mol. The molecule has 0 saturated heterocycles. The van der Waals surface area contributed by atoms with Crippen molar-refractivity contribution < 1.29 is 30.3 Å². The van der Waals surface area contributed by atoms with Crippen LogP contribution in [0.1, 0.15) is 115 Å². The molecule has 0 atom stereocenters. The molecule has 0 saturated carbocycles. The minimum absolute atomic E-state index is 0. The maximum absolute atomic E-state index is 12.4. The summed E-state index contributed by atoms with van der Waals surface area (Å²) in [4.78, 5) is 10.4. The van der Waals surface area contributed by atoms with Crippen LogP contribution in [0.5, 0.6) is 5.75 Å². The molecular formula is C59H62N3OPt-. The van der Waals surface area contributed by atoms with Crippen LogP contribution in [0.3, 0.4) is 0 Å². The normalized spacial score (nSPS) is 13.3. The van der Waals surface area contributed by atoms with Gasteiger partial charge in [-0.3, -0.25) is 9.55 Å². The van der Waals surface area contributed by atoms with E-state index < -0.39 is 12.3 Å². The van der Waals surface area contributed by atoms with Gasteiger partial charge in [-0.1, -0.05) is 179 Å². The number of hydrogen-bond acceptors (Lipinski definition) is 3. The van der Waals surface area contributed by atoms with Crippen LogP contribution >= 0.6 is 0 Å². The molecule has 6 aromatic carbocycles. The van der Waals surface area contributed by atoms with Crippen molar-refractivity contribution in [3.8, 4) is 67.5 Å². The van der Waals surface area contributed by atoms with Crippen molar-refractivity contribution in [2.45, 2.75) is 112 Å². The number of para-hydroxylation sites is 1. The number of fused-ring (bicyclic) bond motifs is 1. The predicted octanol–water partition coefficient (Wildman–Crippen LogP) is 15.8. The Hall–Kier alpha value is -5.57. The SMILES string of the molecule is [2H]C([2H])([2H])c1cc(-c2ccccc2)ccc1-n1c(-c2cc(C(C)(C)C)cc(C(C)(C)C)c2O)nc2c(-c3[c-]c(-c4cc(-c5cccc(C(C)(C)C)c5)ccn4)cc(C(C)(C)C)c3)cccc21.[Pt]. The van der Waals surface area contributed by atoms with Crippen molar-refractivity contribution in [3.63, 3.8) is 0 Å². The molecule has 0 fully saturated rings. The number of phenolic OH excluding ortho intramolecular Hbond substituents is 1. The first-order valence-corrected chi connectivity index (χ1v) is 22.0. The summed E-state index contributed by atoms with van der Waals surface area (Å²) in [7, 11) is 0. The molecule has 0 radical (unpaired) electrons. The topological polar surface area (TPSA) is 50.9 Å². The smallest absolute Gasteiger partial charge is 0.148 e. The summed E-state index contributed by atoms with van der Waals surface area (Å²) in [6.45, 7) is 23.6. The fourth-order valence-corrected chi connectivity index (χ4v) is 8.30. The molecule has 2 heterocycles. The second-order valence-electron chi connectivity index (χ2n) is 21.2. The molecule has 8 rings (SSSR count). The zero-order valence-electron chi connectivity index (χ0n) is 42.3. The van der Waals surface area contributed by atoms with Gasteiger partial charge in [-0.15, -0.1) is 29.3 Å². The van der Waals surface area contributed by atoms with Gasteiger partial charge in [0, 0.05) is 42.6 Å². The van der Waals surface area contributed by atoms with E-state index in [0.29, 0.717) is 28.1 Å². The molecule has 330 valence electrons. The monoisotopic (exact) mass is 1030 g/mol. The van der Waals surface area contributed by atoms with E-state index in [0.717, 1.165) is 61.3 Å². The maximum Gasteiger partial charge on any atom is 0.148 e. The zero-order chi connectivity index (χ0) is 47.7. The molecule has 8 aromatic rings. The predicted molar refractivity (Wildman–Crippen MR) is 266 cm³/mol. The molecule has 0 bridgehead atoms. The number of rotatable bonds is 6. The average molecular weight is 1030 g/mol. The van der Waals surface area contributed by atoms with Crippen LogP contribution in [0.25, 0.3) is 72.7 Å². The molecule has 5 heteroatoms. The first kappa shape index (κ1) is 42.4. The van der Waals surface area contributed by atoms with E-state index in [2.05, 4.69) is 150 Å². The van der Waals surface area contributed by atoms with Gasteiger partial charge < -0.3 is 5.11 Å². The second kappa shape index (κ2) is 17.1. The summed E-state index contributed by atoms with van der Waals surface area (Å²) >= 11 is 0. The van der Waals surface area contributed by atoms with Crippen molar-refractivity contribution in [1.82, 2.24) is 14.5 Å². The van der Waals surface area contributed by atoms with E-state index in [-0.39, 0.29) is 48.6 Å². The van der Waals surface area contributed by atoms with E-state index in [4.69, 9.17) is 14.1 Å². The van der Waals surface area contributed by atoms with Crippen molar-refractivity contribution >= 4 is 11.0 Å². The van der Waals surface area contributed by atoms with Crippen LogP contribution in [-0.4, -0.2) is 19.6 Å². The Bertz CT molecular complexity index is 3120. The number of aromatic nitrogens is 3. The van der Waals surface area contributed by atoms with E-state index in [1.807, 2.05) is 71.4 Å². The minimum Gasteiger partial charge on any atom is -0.507 e. The molecule has 2 aromatic heterocycles. The van der Waals surface area contributed by atoms with Gasteiger partial charge in [0.05, 0.1) is 22.3 Å². The van der Waals surface area contributed by atoms with E-state index >= 15 is 0 Å². The van der Waals surface area contributed by atoms with Crippen molar-refractivity contribution in [1.29, 1.82) is 0 Å². The van der Waals surface area contributed by atoms with Gasteiger partial charge in [0.1, 0.15) is 11.6 Å². The quantitative estimate of drug-likeness (QED) is 0.169. The molecule has 0 aliphatic carbocycles. The molecule has 1 N–H and O–H groups in total. The van der Waals surface area contributed by atoms with Gasteiger partial charge in [0.2, 0.25) is 0 Å². The van der Waals surface area contributed by atoms with E-state index in [1.165, 1.54) is 5.56 Å². The Morgan fingerprint density at radius 1 is 0.547 bits per heavy atom. The third-order valence-electron chi connectivity index (χ3n) is 12.2. The van der Waals surface area contributed by atoms with Crippen molar-refractivity contribution in [2.24, 2.45) is 0 Å². The van der Waals surface area contributed by atoms with Gasteiger partial charge in [0.25, 0.3) is 0 Å². The molecule has 64 heavy (non-hydrogen) atoms. The largest absolute Gasteiger partial charge is 0.507 e. The van der Waals surface area contributed by atoms with Gasteiger partial charge in [-0.05, 0) is 97.8 Å². The number of aryl methyl sites for hydroxylation is 1. The number of aromatic hydroxyl groups is 1. The van der Waals surface area contributed by atoms with Gasteiger partial charge >= 0.3 is 0 Å². The van der Waals surface area contributed by atoms with Crippen LogP contribution in [-0.2, 0) is 42.7 Å². The standard InChI is InChI=1S/C59H62N3O.Pt/c1-37-29-40(38-19-15-14-16-20-38)25-26-51(37)62-52-24-18-23-47(53(52)61-55(62)48-35-46(58(8,9)10)36-49(54(48)63)59(11,12)13)42-30-43(33-45(32-42)57(5,6)7)50-34-41(27-28-60-50)39-21-17-22-44(31-39)56(2,3)4;/h14-29,31-36,63H,1-13H3;/q-1;/i1D3;. The summed E-state index contributed by atoms with van der Waals surface area (Å²) in [6, 6.07) is 46.7. The third kappa shape index (κ3) is 9.18. The Kier molecular flexibility index (Phi) is 11.3. The van der Waals surface area contributed by atoms with Gasteiger partial charge in [-0.2, -0.15) is 0 Å². The van der Waals surface area contributed by atoms with Crippen molar-refractivity contribution in [3.05, 3.63) is 167 Å². The first-order valence-electron chi connectivity index (χ1n) is 23.5. The van der Waals surface area contributed by atoms with Gasteiger partial charge in [-0.25, -0.2) is 4.98 Å². The van der Waals surface area contributed by atoms with Crippen LogP contribution in [0.4, 0.5) is 0 Å². The number of nitrogens with zero attached hydrogens (tertiary/aromatic N) is 3. The third-order valence-corrected chi connectivity index (χ3v) is 12.2. The van der Waals surface area contributed by atoms with Crippen LogP contribution < -0.4 is 0 Å².